The zero-order valence-corrected chi connectivity index (χ0v) is 9.02. The lowest BCUT2D eigenvalue weighted by atomic mass is 9.90. The highest BCUT2D eigenvalue weighted by molar-refractivity contribution is 5.43. The van der Waals surface area contributed by atoms with Crippen molar-refractivity contribution in [1.29, 1.82) is 0 Å². The van der Waals surface area contributed by atoms with E-state index in [0.717, 1.165) is 7.05 Å². The van der Waals surface area contributed by atoms with E-state index in [4.69, 9.17) is 0 Å². The molecule has 2 rings (SSSR count). The summed E-state index contributed by atoms with van der Waals surface area (Å²) in [6.45, 7) is 0. The maximum atomic E-state index is 9.85. The number of hydrogen-bond acceptors (Lipinski definition) is 6. The summed E-state index contributed by atoms with van der Waals surface area (Å²) in [6.07, 6.45) is -3.75. The van der Waals surface area contributed by atoms with Gasteiger partial charge in [0.15, 0.2) is 0 Å². The molecule has 1 aliphatic heterocycles. The van der Waals surface area contributed by atoms with Gasteiger partial charge < -0.3 is 25.5 Å². The van der Waals surface area contributed by atoms with Crippen molar-refractivity contribution in [3.63, 3.8) is 0 Å². The Balaban J connectivity index is 2.75. The Hall–Kier alpha value is -1.22. The lowest BCUT2D eigenvalue weighted by molar-refractivity contribution is -1.17. The minimum absolute atomic E-state index is 0.229. The molecule has 7 heteroatoms. The van der Waals surface area contributed by atoms with Gasteiger partial charge in [-0.1, -0.05) is 12.1 Å². The Morgan fingerprint density at radius 3 is 2.41 bits per heavy atom. The highest BCUT2D eigenvalue weighted by Gasteiger charge is 2.59. The second-order valence-corrected chi connectivity index (χ2v) is 4.31. The molecule has 0 amide bonds. The third-order valence-corrected chi connectivity index (χ3v) is 3.09. The first-order chi connectivity index (χ1) is 7.70. The molecule has 0 spiro atoms. The van der Waals surface area contributed by atoms with Gasteiger partial charge in [-0.15, -0.1) is 4.65 Å². The predicted molar refractivity (Wildman–Crippen MR) is 53.2 cm³/mol. The molecule has 1 heterocycles. The lowest BCUT2D eigenvalue weighted by Gasteiger charge is -2.44. The van der Waals surface area contributed by atoms with E-state index < -0.39 is 28.6 Å². The molecule has 1 aromatic rings. The molecular formula is C10H14NO6+. The molecule has 0 fully saturated rings. The fourth-order valence-electron chi connectivity index (χ4n) is 2.04. The van der Waals surface area contributed by atoms with Gasteiger partial charge in [0.05, 0.1) is 5.56 Å². The van der Waals surface area contributed by atoms with Crippen molar-refractivity contribution >= 4 is 0 Å². The van der Waals surface area contributed by atoms with Crippen molar-refractivity contribution in [2.24, 2.45) is 0 Å². The molecule has 7 nitrogen and oxygen atoms in total. The Bertz CT molecular complexity index is 458. The van der Waals surface area contributed by atoms with Crippen LogP contribution in [0.15, 0.2) is 18.2 Å². The van der Waals surface area contributed by atoms with E-state index in [9.17, 15) is 30.7 Å². The summed E-state index contributed by atoms with van der Waals surface area (Å²) < 4.78 is -1.47. The second kappa shape index (κ2) is 3.39. The van der Waals surface area contributed by atoms with Gasteiger partial charge in [-0.3, -0.25) is 0 Å². The van der Waals surface area contributed by atoms with E-state index in [-0.39, 0.29) is 11.1 Å². The van der Waals surface area contributed by atoms with Crippen molar-refractivity contribution in [1.82, 2.24) is 0 Å². The van der Waals surface area contributed by atoms with Crippen LogP contribution in [0.2, 0.25) is 0 Å². The van der Waals surface area contributed by atoms with Gasteiger partial charge in [0.1, 0.15) is 12.8 Å². The Morgan fingerprint density at radius 1 is 1.24 bits per heavy atom. The van der Waals surface area contributed by atoms with E-state index in [2.05, 4.69) is 0 Å². The third-order valence-electron chi connectivity index (χ3n) is 3.09. The number of rotatable bonds is 0. The van der Waals surface area contributed by atoms with E-state index in [0.29, 0.717) is 0 Å². The zero-order chi connectivity index (χ0) is 13.0. The molecule has 3 atom stereocenters. The molecule has 17 heavy (non-hydrogen) atoms. The quantitative estimate of drug-likeness (QED) is 0.249. The van der Waals surface area contributed by atoms with Crippen molar-refractivity contribution < 1.29 is 35.4 Å². The van der Waals surface area contributed by atoms with Crippen LogP contribution in [0.1, 0.15) is 17.4 Å². The number of aliphatic hydroxyl groups is 4. The van der Waals surface area contributed by atoms with Gasteiger partial charge in [-0.05, 0) is 6.07 Å². The molecule has 1 aliphatic rings. The number of nitrogens with zero attached hydrogens (tertiary/aromatic N) is 1. The van der Waals surface area contributed by atoms with E-state index in [1.807, 2.05) is 0 Å². The largest absolute Gasteiger partial charge is 0.507 e. The first-order valence-electron chi connectivity index (χ1n) is 4.92. The summed E-state index contributed by atoms with van der Waals surface area (Å²) >= 11 is 0. The summed E-state index contributed by atoms with van der Waals surface area (Å²) in [5, 5.41) is 58.5. The molecule has 1 aromatic carbocycles. The number of phenolic OH excluding ortho intramolecular Hbond substituents is 1. The molecule has 0 saturated carbocycles. The zero-order valence-electron chi connectivity index (χ0n) is 9.02. The first kappa shape index (κ1) is 12.2. The number of hydroxylamine groups is 3. The Kier molecular flexibility index (Phi) is 2.44. The highest BCUT2D eigenvalue weighted by Crippen LogP contribution is 2.45. The average molecular weight is 244 g/mol. The van der Waals surface area contributed by atoms with Crippen LogP contribution < -0.4 is 0 Å². The van der Waals surface area contributed by atoms with Gasteiger partial charge in [0, 0.05) is 5.56 Å². The van der Waals surface area contributed by atoms with Crippen LogP contribution in [-0.2, 0) is 5.79 Å². The maximum Gasteiger partial charge on any atom is 0.282 e. The highest BCUT2D eigenvalue weighted by atomic mass is 16.6. The second-order valence-electron chi connectivity index (χ2n) is 4.31. The number of aliphatic hydroxyl groups excluding tert-OH is 2. The van der Waals surface area contributed by atoms with Gasteiger partial charge in [-0.2, -0.15) is 0 Å². The molecule has 0 aliphatic carbocycles. The monoisotopic (exact) mass is 244 g/mol. The topological polar surface area (TPSA) is 121 Å². The molecule has 94 valence electrons. The summed E-state index contributed by atoms with van der Waals surface area (Å²) in [4.78, 5) is 0. The van der Waals surface area contributed by atoms with Crippen LogP contribution in [0, 0.1) is 0 Å². The van der Waals surface area contributed by atoms with Crippen LogP contribution in [0.4, 0.5) is 0 Å². The number of hydrogen-bond donors (Lipinski definition) is 6. The summed E-state index contributed by atoms with van der Waals surface area (Å²) in [5.41, 5.74) is -0.477. The third kappa shape index (κ3) is 1.45. The fourth-order valence-corrected chi connectivity index (χ4v) is 2.04. The Labute approximate surface area is 96.6 Å². The van der Waals surface area contributed by atoms with Crippen LogP contribution in [0.25, 0.3) is 0 Å². The minimum Gasteiger partial charge on any atom is -0.507 e. The number of benzene rings is 1. The normalized spacial score (nSPS) is 35.4. The number of phenols is 1. The number of aromatic hydroxyl groups is 1. The van der Waals surface area contributed by atoms with Crippen LogP contribution in [-0.4, -0.2) is 48.7 Å². The van der Waals surface area contributed by atoms with Crippen molar-refractivity contribution in [3.05, 3.63) is 29.3 Å². The molecular weight excluding hydrogens is 230 g/mol. The maximum absolute atomic E-state index is 9.85. The van der Waals surface area contributed by atoms with Gasteiger partial charge in [0.2, 0.25) is 0 Å². The van der Waals surface area contributed by atoms with Gasteiger partial charge >= 0.3 is 0 Å². The molecule has 0 aromatic heterocycles. The van der Waals surface area contributed by atoms with Crippen LogP contribution >= 0.6 is 0 Å². The van der Waals surface area contributed by atoms with Crippen LogP contribution in [0.5, 0.6) is 5.75 Å². The molecule has 6 N–H and O–H groups in total. The molecule has 0 saturated heterocycles. The average Bonchev–Trinajstić information content (AvgIpc) is 2.25. The molecule has 3 unspecified atom stereocenters. The van der Waals surface area contributed by atoms with Crippen molar-refractivity contribution in [3.8, 4) is 5.75 Å². The van der Waals surface area contributed by atoms with Crippen molar-refractivity contribution in [2.75, 3.05) is 7.05 Å². The first-order valence-corrected chi connectivity index (χ1v) is 4.92. The summed E-state index contributed by atoms with van der Waals surface area (Å²) in [6, 6.07) is 3.80. The SMILES string of the molecule is C[N+]1(O)C(O)c2c(O)cccc2C(O)(O)C1O. The van der Waals surface area contributed by atoms with Crippen molar-refractivity contribution in [2.45, 2.75) is 18.2 Å². The smallest absolute Gasteiger partial charge is 0.282 e. The predicted octanol–water partition coefficient (Wildman–Crippen LogP) is -1.31. The van der Waals surface area contributed by atoms with E-state index in [1.54, 1.807) is 0 Å². The Morgan fingerprint density at radius 2 is 1.82 bits per heavy atom. The number of quaternary nitrogens is 1. The summed E-state index contributed by atoms with van der Waals surface area (Å²) in [7, 11) is 0.992. The van der Waals surface area contributed by atoms with E-state index in [1.165, 1.54) is 18.2 Å². The number of fused-ring (bicyclic) bond motifs is 1. The van der Waals surface area contributed by atoms with Gasteiger partial charge in [-0.25, -0.2) is 5.21 Å². The number of likely N-dealkylation sites (N-methyl/N-ethyl adjacent to an activating group) is 1. The molecule has 0 bridgehead atoms. The fraction of sp³-hybridized carbons (Fsp3) is 0.400. The minimum atomic E-state index is -2.77. The summed E-state index contributed by atoms with van der Waals surface area (Å²) in [5.74, 6) is -3.16. The van der Waals surface area contributed by atoms with Gasteiger partial charge in [0.25, 0.3) is 18.2 Å². The molecule has 0 radical (unpaired) electrons. The standard InChI is InChI=1S/C10H13NO6/c1-11(17)8(13)7-5(3-2-4-6(7)12)10(15,16)9(11)14/h2-4,8-9,13-17H,1H3/p+1. The van der Waals surface area contributed by atoms with E-state index >= 15 is 0 Å². The van der Waals surface area contributed by atoms with Crippen LogP contribution in [0.3, 0.4) is 0 Å². The lowest BCUT2D eigenvalue weighted by Crippen LogP contribution is -2.64.